The van der Waals surface area contributed by atoms with E-state index in [0.717, 1.165) is 29.9 Å². The highest BCUT2D eigenvalue weighted by atomic mass is 75.9. The minimum atomic E-state index is -2.11. The van der Waals surface area contributed by atoms with Gasteiger partial charge >= 0.3 is 0 Å². The average molecular weight is 518 g/mol. The van der Waals surface area contributed by atoms with Gasteiger partial charge in [0.2, 0.25) is 0 Å². The SMILES string of the molecule is O=C(NCCCC[P+](c1ccccc1)(c1ccncn1)c1ccncn1)c1ccc([76Br])nc1. The van der Waals surface area contributed by atoms with Crippen molar-refractivity contribution in [2.45, 2.75) is 12.8 Å². The molecule has 0 spiro atoms. The molecule has 0 aliphatic carbocycles. The monoisotopic (exact) mass is 518 g/mol. The maximum absolute atomic E-state index is 12.4. The van der Waals surface area contributed by atoms with Crippen LogP contribution in [0.3, 0.4) is 0 Å². The lowest BCUT2D eigenvalue weighted by Crippen LogP contribution is -2.36. The molecule has 1 amide bonds. The van der Waals surface area contributed by atoms with Crippen molar-refractivity contribution in [2.24, 2.45) is 0 Å². The number of unbranched alkanes of at least 4 members (excludes halogenated alkanes) is 1. The molecule has 166 valence electrons. The Balaban J connectivity index is 1.53. The van der Waals surface area contributed by atoms with Gasteiger partial charge in [-0.3, -0.25) is 4.79 Å². The van der Waals surface area contributed by atoms with E-state index in [1.807, 2.05) is 18.2 Å². The van der Waals surface area contributed by atoms with E-state index in [1.54, 1.807) is 43.4 Å². The minimum absolute atomic E-state index is 0.120. The van der Waals surface area contributed by atoms with Crippen LogP contribution in [0.15, 0.2) is 90.4 Å². The third kappa shape index (κ3) is 5.46. The molecule has 0 aliphatic rings. The van der Waals surface area contributed by atoms with Crippen LogP contribution in [0, 0.1) is 0 Å². The molecule has 1 aromatic carbocycles. The molecule has 4 aromatic rings. The first-order valence-electron chi connectivity index (χ1n) is 10.6. The standard InChI is InChI=1S/C24H22BrN6OP/c25-21-9-8-19(16-29-21)24(32)28-12-4-5-15-33(20-6-2-1-3-7-20,22-10-13-26-17-30-22)23-11-14-27-18-31-23/h1-3,6-11,13-14,16-18H,4-5,12,15H2/p+1/i25-4. The van der Waals surface area contributed by atoms with E-state index in [0.29, 0.717) is 16.7 Å². The van der Waals surface area contributed by atoms with E-state index in [2.05, 4.69) is 70.4 Å². The van der Waals surface area contributed by atoms with Crippen molar-refractivity contribution in [2.75, 3.05) is 12.7 Å². The highest BCUT2D eigenvalue weighted by molar-refractivity contribution is 9.10. The smallest absolute Gasteiger partial charge is 0.252 e. The lowest BCUT2D eigenvalue weighted by molar-refractivity contribution is 0.0953. The van der Waals surface area contributed by atoms with E-state index in [4.69, 9.17) is 0 Å². The number of hydrogen-bond donors (Lipinski definition) is 1. The Hall–Kier alpha value is -3.09. The van der Waals surface area contributed by atoms with Gasteiger partial charge in [0.15, 0.2) is 18.1 Å². The fraction of sp³-hybridized carbons (Fsp3) is 0.167. The number of pyridine rings is 1. The van der Waals surface area contributed by atoms with Crippen LogP contribution in [0.1, 0.15) is 23.2 Å². The van der Waals surface area contributed by atoms with Gasteiger partial charge in [0.05, 0.1) is 11.7 Å². The van der Waals surface area contributed by atoms with Crippen LogP contribution in [-0.2, 0) is 0 Å². The number of hydrogen-bond acceptors (Lipinski definition) is 6. The number of nitrogens with one attached hydrogen (secondary N) is 1. The molecule has 7 nitrogen and oxygen atoms in total. The van der Waals surface area contributed by atoms with Crippen LogP contribution in [0.25, 0.3) is 0 Å². The Morgan fingerprint density at radius 1 is 0.848 bits per heavy atom. The molecule has 0 aliphatic heterocycles. The van der Waals surface area contributed by atoms with Crippen LogP contribution in [0.2, 0.25) is 0 Å². The first-order valence-corrected chi connectivity index (χ1v) is 13.3. The summed E-state index contributed by atoms with van der Waals surface area (Å²) in [6.07, 6.45) is 10.9. The van der Waals surface area contributed by atoms with Crippen molar-refractivity contribution in [3.8, 4) is 0 Å². The maximum Gasteiger partial charge on any atom is 0.252 e. The van der Waals surface area contributed by atoms with Crippen LogP contribution >= 0.6 is 23.2 Å². The van der Waals surface area contributed by atoms with Crippen molar-refractivity contribution in [3.05, 3.63) is 96.0 Å². The van der Waals surface area contributed by atoms with Crippen molar-refractivity contribution in [1.29, 1.82) is 0 Å². The lowest BCUT2D eigenvalue weighted by atomic mass is 10.2. The highest BCUT2D eigenvalue weighted by Crippen LogP contribution is 2.54. The first-order chi connectivity index (χ1) is 16.2. The number of benzene rings is 1. The maximum atomic E-state index is 12.4. The van der Waals surface area contributed by atoms with E-state index in [1.165, 1.54) is 5.30 Å². The molecule has 0 unspecified atom stereocenters. The second-order valence-electron chi connectivity index (χ2n) is 7.34. The Morgan fingerprint density at radius 2 is 1.55 bits per heavy atom. The quantitative estimate of drug-likeness (QED) is 0.208. The summed E-state index contributed by atoms with van der Waals surface area (Å²) in [6.45, 7) is 0.581. The summed E-state index contributed by atoms with van der Waals surface area (Å²) in [5.74, 6) is -0.120. The zero-order valence-corrected chi connectivity index (χ0v) is 20.4. The van der Waals surface area contributed by atoms with Gasteiger partial charge in [0.1, 0.15) is 22.6 Å². The fourth-order valence-corrected chi connectivity index (χ4v) is 7.96. The molecule has 0 saturated heterocycles. The van der Waals surface area contributed by atoms with E-state index in [9.17, 15) is 4.79 Å². The Kier molecular flexibility index (Phi) is 7.81. The van der Waals surface area contributed by atoms with Gasteiger partial charge in [-0.05, 0) is 53.0 Å². The van der Waals surface area contributed by atoms with Crippen LogP contribution < -0.4 is 21.5 Å². The van der Waals surface area contributed by atoms with Crippen molar-refractivity contribution in [1.82, 2.24) is 30.2 Å². The summed E-state index contributed by atoms with van der Waals surface area (Å²) in [5, 5.41) is 4.21. The molecule has 3 aromatic heterocycles. The molecule has 1 N–H and O–H groups in total. The number of aromatic nitrogens is 5. The molecule has 0 atom stereocenters. The third-order valence-corrected chi connectivity index (χ3v) is 10.0. The average Bonchev–Trinajstić information content (AvgIpc) is 2.88. The van der Waals surface area contributed by atoms with E-state index >= 15 is 0 Å². The summed E-state index contributed by atoms with van der Waals surface area (Å²) >= 11 is 3.29. The summed E-state index contributed by atoms with van der Waals surface area (Å²) in [6, 6.07) is 17.9. The molecule has 4 rings (SSSR count). The second kappa shape index (κ2) is 11.2. The zero-order valence-electron chi connectivity index (χ0n) is 17.9. The topological polar surface area (TPSA) is 93.6 Å². The molecule has 0 saturated carbocycles. The van der Waals surface area contributed by atoms with Gasteiger partial charge < -0.3 is 5.32 Å². The lowest BCUT2D eigenvalue weighted by Gasteiger charge is -2.25. The van der Waals surface area contributed by atoms with Gasteiger partial charge in [-0.15, -0.1) is 0 Å². The van der Waals surface area contributed by atoms with Gasteiger partial charge in [0, 0.05) is 37.3 Å². The molecular formula is C24H23BrN6OP+. The highest BCUT2D eigenvalue weighted by Gasteiger charge is 2.47. The van der Waals surface area contributed by atoms with Crippen molar-refractivity contribution in [3.63, 3.8) is 0 Å². The number of halogens is 1. The Morgan fingerprint density at radius 3 is 2.12 bits per heavy atom. The number of amides is 1. The predicted molar refractivity (Wildman–Crippen MR) is 135 cm³/mol. The molecule has 0 radical (unpaired) electrons. The normalized spacial score (nSPS) is 11.2. The summed E-state index contributed by atoms with van der Waals surface area (Å²) < 4.78 is 0.703. The van der Waals surface area contributed by atoms with Gasteiger partial charge in [-0.25, -0.2) is 24.9 Å². The predicted octanol–water partition coefficient (Wildman–Crippen LogP) is 2.93. The summed E-state index contributed by atoms with van der Waals surface area (Å²) in [5.41, 5.74) is 2.53. The second-order valence-corrected chi connectivity index (χ2v) is 11.6. The van der Waals surface area contributed by atoms with Crippen molar-refractivity contribution >= 4 is 45.3 Å². The number of carbonyl (C=O) groups is 1. The summed E-state index contributed by atoms with van der Waals surface area (Å²) in [7, 11) is -2.11. The fourth-order valence-electron chi connectivity index (χ4n) is 3.73. The molecule has 0 fully saturated rings. The zero-order chi connectivity index (χ0) is 22.9. The van der Waals surface area contributed by atoms with Crippen LogP contribution in [-0.4, -0.2) is 43.5 Å². The van der Waals surface area contributed by atoms with Gasteiger partial charge in [-0.2, -0.15) is 0 Å². The Bertz CT molecular complexity index is 1070. The van der Waals surface area contributed by atoms with E-state index < -0.39 is 7.26 Å². The third-order valence-electron chi connectivity index (χ3n) is 5.31. The first kappa shape index (κ1) is 23.1. The number of nitrogens with zero attached hydrogens (tertiary/aromatic N) is 5. The van der Waals surface area contributed by atoms with Gasteiger partial charge in [0.25, 0.3) is 5.91 Å². The van der Waals surface area contributed by atoms with Crippen LogP contribution in [0.5, 0.6) is 0 Å². The minimum Gasteiger partial charge on any atom is -0.352 e. The number of rotatable bonds is 9. The molecule has 33 heavy (non-hydrogen) atoms. The Labute approximate surface area is 201 Å². The molecule has 3 heterocycles. The molecular weight excluding hydrogens is 495 g/mol. The summed E-state index contributed by atoms with van der Waals surface area (Å²) in [4.78, 5) is 34.1. The van der Waals surface area contributed by atoms with Gasteiger partial charge in [-0.1, -0.05) is 18.2 Å². The van der Waals surface area contributed by atoms with E-state index in [-0.39, 0.29) is 5.91 Å². The largest absolute Gasteiger partial charge is 0.352 e. The number of carbonyl (C=O) groups excluding carboxylic acids is 1. The molecule has 9 heteroatoms. The molecule has 0 bridgehead atoms. The van der Waals surface area contributed by atoms with Crippen LogP contribution in [0.4, 0.5) is 0 Å². The van der Waals surface area contributed by atoms with Crippen molar-refractivity contribution < 1.29 is 4.79 Å².